The van der Waals surface area contributed by atoms with Crippen LogP contribution in [0.5, 0.6) is 0 Å². The van der Waals surface area contributed by atoms with E-state index >= 15 is 0 Å². The predicted octanol–water partition coefficient (Wildman–Crippen LogP) is 1.44. The van der Waals surface area contributed by atoms with Crippen LogP contribution in [0.25, 0.3) is 6.08 Å². The van der Waals surface area contributed by atoms with E-state index in [0.717, 1.165) is 13.0 Å². The van der Waals surface area contributed by atoms with Gasteiger partial charge in [-0.2, -0.15) is 0 Å². The average molecular weight is 233 g/mol. The number of nitrogens with one attached hydrogen (secondary N) is 1. The summed E-state index contributed by atoms with van der Waals surface area (Å²) in [5.74, 6) is 0. The van der Waals surface area contributed by atoms with Gasteiger partial charge < -0.3 is 15.2 Å². The van der Waals surface area contributed by atoms with E-state index in [9.17, 15) is 5.11 Å². The van der Waals surface area contributed by atoms with E-state index in [4.69, 9.17) is 4.74 Å². The SMILES string of the molecule is OC1(CNC/C=C/c2ccccc2)CCOC1. The van der Waals surface area contributed by atoms with E-state index < -0.39 is 5.60 Å². The zero-order valence-corrected chi connectivity index (χ0v) is 9.93. The monoisotopic (exact) mass is 233 g/mol. The minimum atomic E-state index is -0.666. The zero-order chi connectivity index (χ0) is 12.0. The predicted molar refractivity (Wildman–Crippen MR) is 68.7 cm³/mol. The van der Waals surface area contributed by atoms with Crippen molar-refractivity contribution in [2.24, 2.45) is 0 Å². The van der Waals surface area contributed by atoms with Crippen LogP contribution in [0.3, 0.4) is 0 Å². The largest absolute Gasteiger partial charge is 0.386 e. The lowest BCUT2D eigenvalue weighted by molar-refractivity contribution is 0.0279. The van der Waals surface area contributed by atoms with Crippen molar-refractivity contribution >= 4 is 6.08 Å². The molecule has 1 aromatic rings. The summed E-state index contributed by atoms with van der Waals surface area (Å²) in [7, 11) is 0. The molecule has 2 N–H and O–H groups in total. The summed E-state index contributed by atoms with van der Waals surface area (Å²) in [5.41, 5.74) is 0.526. The molecule has 1 saturated heterocycles. The van der Waals surface area contributed by atoms with Gasteiger partial charge in [0.05, 0.1) is 6.61 Å². The fraction of sp³-hybridized carbons (Fsp3) is 0.429. The van der Waals surface area contributed by atoms with Crippen LogP contribution in [-0.2, 0) is 4.74 Å². The molecular weight excluding hydrogens is 214 g/mol. The molecule has 2 rings (SSSR count). The molecule has 1 unspecified atom stereocenters. The van der Waals surface area contributed by atoms with Gasteiger partial charge in [0.15, 0.2) is 0 Å². The minimum Gasteiger partial charge on any atom is -0.386 e. The van der Waals surface area contributed by atoms with E-state index in [1.54, 1.807) is 0 Å². The molecule has 1 atom stereocenters. The summed E-state index contributed by atoms with van der Waals surface area (Å²) >= 11 is 0. The van der Waals surface area contributed by atoms with E-state index in [0.29, 0.717) is 19.8 Å². The summed E-state index contributed by atoms with van der Waals surface area (Å²) in [6.45, 7) is 2.46. The molecule has 0 bridgehead atoms. The molecular formula is C14H19NO2. The smallest absolute Gasteiger partial charge is 0.102 e. The molecule has 0 amide bonds. The third kappa shape index (κ3) is 3.97. The summed E-state index contributed by atoms with van der Waals surface area (Å²) < 4.78 is 5.18. The summed E-state index contributed by atoms with van der Waals surface area (Å²) in [5, 5.41) is 13.2. The first-order chi connectivity index (χ1) is 8.29. The molecule has 0 aromatic heterocycles. The summed E-state index contributed by atoms with van der Waals surface area (Å²) in [6.07, 6.45) is 4.86. The van der Waals surface area contributed by atoms with Crippen molar-refractivity contribution < 1.29 is 9.84 Å². The van der Waals surface area contributed by atoms with Gasteiger partial charge in [0, 0.05) is 26.1 Å². The highest BCUT2D eigenvalue weighted by Gasteiger charge is 2.31. The second-order valence-electron chi connectivity index (χ2n) is 4.47. The molecule has 1 heterocycles. The van der Waals surface area contributed by atoms with Gasteiger partial charge in [-0.15, -0.1) is 0 Å². The van der Waals surface area contributed by atoms with Crippen molar-refractivity contribution in [3.8, 4) is 0 Å². The molecule has 3 nitrogen and oxygen atoms in total. The zero-order valence-electron chi connectivity index (χ0n) is 9.93. The first-order valence-corrected chi connectivity index (χ1v) is 6.01. The van der Waals surface area contributed by atoms with E-state index in [2.05, 4.69) is 29.6 Å². The molecule has 1 fully saturated rings. The van der Waals surface area contributed by atoms with Crippen molar-refractivity contribution in [3.63, 3.8) is 0 Å². The van der Waals surface area contributed by atoms with E-state index in [1.165, 1.54) is 5.56 Å². The molecule has 1 aliphatic heterocycles. The van der Waals surface area contributed by atoms with Crippen LogP contribution in [0.15, 0.2) is 36.4 Å². The molecule has 0 radical (unpaired) electrons. The minimum absolute atomic E-state index is 0.447. The molecule has 0 spiro atoms. The molecule has 1 aromatic carbocycles. The van der Waals surface area contributed by atoms with Crippen molar-refractivity contribution in [2.75, 3.05) is 26.3 Å². The number of hydrogen-bond donors (Lipinski definition) is 2. The molecule has 0 aliphatic carbocycles. The molecule has 92 valence electrons. The van der Waals surface area contributed by atoms with Gasteiger partial charge in [-0.05, 0) is 5.56 Å². The average Bonchev–Trinajstić information content (AvgIpc) is 2.77. The normalized spacial score (nSPS) is 24.5. The van der Waals surface area contributed by atoms with Crippen LogP contribution in [0.2, 0.25) is 0 Å². The first kappa shape index (κ1) is 12.3. The van der Waals surface area contributed by atoms with Gasteiger partial charge in [-0.25, -0.2) is 0 Å². The van der Waals surface area contributed by atoms with Gasteiger partial charge in [0.25, 0.3) is 0 Å². The summed E-state index contributed by atoms with van der Waals surface area (Å²) in [6, 6.07) is 10.2. The molecule has 3 heteroatoms. The Labute approximate surface area is 102 Å². The Morgan fingerprint density at radius 3 is 2.88 bits per heavy atom. The van der Waals surface area contributed by atoms with Crippen molar-refractivity contribution in [2.45, 2.75) is 12.0 Å². The van der Waals surface area contributed by atoms with Gasteiger partial charge >= 0.3 is 0 Å². The Bertz CT molecular complexity index is 356. The van der Waals surface area contributed by atoms with Gasteiger partial charge in [0.1, 0.15) is 5.60 Å². The second-order valence-corrected chi connectivity index (χ2v) is 4.47. The highest BCUT2D eigenvalue weighted by molar-refractivity contribution is 5.48. The van der Waals surface area contributed by atoms with Gasteiger partial charge in [-0.3, -0.25) is 0 Å². The fourth-order valence-electron chi connectivity index (χ4n) is 1.88. The number of benzene rings is 1. The standard InChI is InChI=1S/C14H19NO2/c16-14(8-10-17-12-14)11-15-9-4-7-13-5-2-1-3-6-13/h1-7,15-16H,8-12H2/b7-4+. The first-order valence-electron chi connectivity index (χ1n) is 6.01. The number of rotatable bonds is 5. The Hall–Kier alpha value is -1.16. The van der Waals surface area contributed by atoms with Crippen LogP contribution < -0.4 is 5.32 Å². The third-order valence-corrected chi connectivity index (χ3v) is 2.91. The van der Waals surface area contributed by atoms with E-state index in [-0.39, 0.29) is 0 Å². The molecule has 1 aliphatic rings. The third-order valence-electron chi connectivity index (χ3n) is 2.91. The maximum Gasteiger partial charge on any atom is 0.102 e. The maximum absolute atomic E-state index is 10.00. The Morgan fingerprint density at radius 1 is 1.35 bits per heavy atom. The maximum atomic E-state index is 10.00. The summed E-state index contributed by atoms with van der Waals surface area (Å²) in [4.78, 5) is 0. The lowest BCUT2D eigenvalue weighted by Gasteiger charge is -2.19. The number of ether oxygens (including phenoxy) is 1. The van der Waals surface area contributed by atoms with Crippen molar-refractivity contribution in [1.29, 1.82) is 0 Å². The van der Waals surface area contributed by atoms with Crippen LogP contribution >= 0.6 is 0 Å². The lowest BCUT2D eigenvalue weighted by atomic mass is 10.0. The second kappa shape index (κ2) is 5.96. The van der Waals surface area contributed by atoms with Crippen molar-refractivity contribution in [3.05, 3.63) is 42.0 Å². The molecule has 17 heavy (non-hydrogen) atoms. The van der Waals surface area contributed by atoms with Crippen LogP contribution in [0.4, 0.5) is 0 Å². The van der Waals surface area contributed by atoms with Gasteiger partial charge in [-0.1, -0.05) is 42.5 Å². The Kier molecular flexibility index (Phi) is 4.31. The molecule has 0 saturated carbocycles. The lowest BCUT2D eigenvalue weighted by Crippen LogP contribution is -2.41. The van der Waals surface area contributed by atoms with Gasteiger partial charge in [0.2, 0.25) is 0 Å². The van der Waals surface area contributed by atoms with Crippen molar-refractivity contribution in [1.82, 2.24) is 5.32 Å². The highest BCUT2D eigenvalue weighted by Crippen LogP contribution is 2.16. The van der Waals surface area contributed by atoms with Crippen LogP contribution in [0, 0.1) is 0 Å². The quantitative estimate of drug-likeness (QED) is 0.756. The number of hydrogen-bond acceptors (Lipinski definition) is 3. The fourth-order valence-corrected chi connectivity index (χ4v) is 1.88. The Balaban J connectivity index is 1.68. The number of aliphatic hydroxyl groups is 1. The highest BCUT2D eigenvalue weighted by atomic mass is 16.5. The topological polar surface area (TPSA) is 41.5 Å². The Morgan fingerprint density at radius 2 is 2.18 bits per heavy atom. The van der Waals surface area contributed by atoms with Crippen LogP contribution in [0.1, 0.15) is 12.0 Å². The van der Waals surface area contributed by atoms with E-state index in [1.807, 2.05) is 18.2 Å². The van der Waals surface area contributed by atoms with Crippen LogP contribution in [-0.4, -0.2) is 37.0 Å².